The van der Waals surface area contributed by atoms with E-state index in [-0.39, 0.29) is 0 Å². The van der Waals surface area contributed by atoms with Crippen LogP contribution in [0.25, 0.3) is 17.2 Å². The van der Waals surface area contributed by atoms with Crippen LogP contribution in [-0.2, 0) is 4.79 Å². The number of allylic oxidation sites excluding steroid dienone is 1. The second kappa shape index (κ2) is 7.93. The molecule has 1 aromatic carbocycles. The van der Waals surface area contributed by atoms with Crippen LogP contribution in [0.15, 0.2) is 36.5 Å². The number of hydrogen-bond acceptors (Lipinski definition) is 2. The predicted octanol–water partition coefficient (Wildman–Crippen LogP) is 4.66. The lowest BCUT2D eigenvalue weighted by Gasteiger charge is -2.09. The van der Waals surface area contributed by atoms with Gasteiger partial charge in [0.25, 0.3) is 5.91 Å². The van der Waals surface area contributed by atoms with Gasteiger partial charge in [-0.05, 0) is 71.2 Å². The second-order valence-corrected chi connectivity index (χ2v) is 6.16. The first-order valence-electron chi connectivity index (χ1n) is 7.26. The minimum absolute atomic E-state index is 0.450. The number of carbonyl (C=O) groups is 1. The van der Waals surface area contributed by atoms with Gasteiger partial charge in [-0.25, -0.2) is 0 Å². The molecule has 0 spiro atoms. The average molecular weight is 416 g/mol. The lowest BCUT2D eigenvalue weighted by molar-refractivity contribution is -0.111. The molecule has 0 saturated heterocycles. The molecule has 0 unspecified atom stereocenters. The lowest BCUT2D eigenvalue weighted by Crippen LogP contribution is -2.09. The molecule has 0 fully saturated rings. The van der Waals surface area contributed by atoms with Crippen LogP contribution >= 0.6 is 22.6 Å². The molecule has 23 heavy (non-hydrogen) atoms. The van der Waals surface area contributed by atoms with Crippen LogP contribution in [0.3, 0.4) is 0 Å². The summed E-state index contributed by atoms with van der Waals surface area (Å²) in [5, 5.41) is 2.71. The summed E-state index contributed by atoms with van der Waals surface area (Å²) < 4.78 is 0.932. The van der Waals surface area contributed by atoms with Crippen molar-refractivity contribution in [3.05, 3.63) is 51.4 Å². The Kier molecular flexibility index (Phi) is 5.94. The zero-order valence-corrected chi connectivity index (χ0v) is 15.2. The number of aryl methyl sites for hydroxylation is 1. The number of nitrogens with one attached hydrogen (secondary N) is 1. The molecule has 1 N–H and O–H groups in total. The molecular weight excluding hydrogens is 399 g/mol. The number of benzene rings is 1. The van der Waals surface area contributed by atoms with Gasteiger partial charge < -0.3 is 5.32 Å². The van der Waals surface area contributed by atoms with Crippen LogP contribution in [0, 0.1) is 22.8 Å². The van der Waals surface area contributed by atoms with Crippen LogP contribution in [-0.4, -0.2) is 10.9 Å². The Labute approximate surface area is 150 Å². The maximum atomic E-state index is 11.4. The molecule has 0 atom stereocenters. The van der Waals surface area contributed by atoms with Crippen molar-refractivity contribution in [1.82, 2.24) is 4.98 Å². The first-order valence-corrected chi connectivity index (χ1v) is 8.33. The standard InChI is InChI=1S/C19H17IN2O/c1-4-6-7-14-10-16(12-21-13(14)3)15-8-9-17(20)18(11-15)22-19(23)5-2/h2,6-12H,4H2,1,3H3,(H,22,23)/b7-6-. The van der Waals surface area contributed by atoms with E-state index < -0.39 is 5.91 Å². The molecule has 4 heteroatoms. The number of carbonyl (C=O) groups excluding carboxylic acids is 1. The number of rotatable bonds is 4. The number of nitrogens with zero attached hydrogens (tertiary/aromatic N) is 1. The van der Waals surface area contributed by atoms with Crippen molar-refractivity contribution in [1.29, 1.82) is 0 Å². The van der Waals surface area contributed by atoms with Gasteiger partial charge in [-0.15, -0.1) is 6.42 Å². The van der Waals surface area contributed by atoms with Gasteiger partial charge >= 0.3 is 0 Å². The van der Waals surface area contributed by atoms with Gasteiger partial charge in [-0.2, -0.15) is 0 Å². The first-order chi connectivity index (χ1) is 11.0. The molecule has 0 saturated carbocycles. The van der Waals surface area contributed by atoms with Gasteiger partial charge in [0.2, 0.25) is 0 Å². The Morgan fingerprint density at radius 2 is 2.17 bits per heavy atom. The van der Waals surface area contributed by atoms with Gasteiger partial charge in [0.05, 0.1) is 5.69 Å². The smallest absolute Gasteiger partial charge is 0.300 e. The summed E-state index contributed by atoms with van der Waals surface area (Å²) in [6.07, 6.45) is 12.1. The number of terminal acetylenes is 1. The van der Waals surface area contributed by atoms with Crippen LogP contribution in [0.1, 0.15) is 24.6 Å². The number of aromatic nitrogens is 1. The molecular formula is C19H17IN2O. The molecule has 3 nitrogen and oxygen atoms in total. The zero-order chi connectivity index (χ0) is 16.8. The zero-order valence-electron chi connectivity index (χ0n) is 13.1. The SMILES string of the molecule is C#CC(=O)Nc1cc(-c2cnc(C)c(/C=C\CC)c2)ccc1I. The predicted molar refractivity (Wildman–Crippen MR) is 104 cm³/mol. The number of pyridine rings is 1. The lowest BCUT2D eigenvalue weighted by atomic mass is 10.0. The number of hydrogen-bond donors (Lipinski definition) is 1. The highest BCUT2D eigenvalue weighted by Crippen LogP contribution is 2.28. The van der Waals surface area contributed by atoms with Crippen molar-refractivity contribution < 1.29 is 4.79 Å². The highest BCUT2D eigenvalue weighted by molar-refractivity contribution is 14.1. The van der Waals surface area contributed by atoms with Gasteiger partial charge in [-0.1, -0.05) is 25.1 Å². The Hall–Kier alpha value is -2.13. The molecule has 0 aliphatic carbocycles. The average Bonchev–Trinajstić information content (AvgIpc) is 2.56. The van der Waals surface area contributed by atoms with Gasteiger partial charge in [0.1, 0.15) is 0 Å². The third-order valence-electron chi connectivity index (χ3n) is 3.34. The van der Waals surface area contributed by atoms with Crippen LogP contribution in [0.2, 0.25) is 0 Å². The van der Waals surface area contributed by atoms with E-state index in [0.717, 1.165) is 32.4 Å². The van der Waals surface area contributed by atoms with E-state index in [0.29, 0.717) is 5.69 Å². The van der Waals surface area contributed by atoms with E-state index in [1.54, 1.807) is 0 Å². The molecule has 1 heterocycles. The van der Waals surface area contributed by atoms with Gasteiger partial charge in [0, 0.05) is 21.0 Å². The number of anilines is 1. The van der Waals surface area contributed by atoms with E-state index in [1.807, 2.05) is 31.3 Å². The highest BCUT2D eigenvalue weighted by Gasteiger charge is 2.07. The second-order valence-electron chi connectivity index (χ2n) is 5.00. The molecule has 0 bridgehead atoms. The maximum Gasteiger partial charge on any atom is 0.300 e. The van der Waals surface area contributed by atoms with E-state index in [2.05, 4.69) is 64.0 Å². The Bertz CT molecular complexity index is 804. The summed E-state index contributed by atoms with van der Waals surface area (Å²) in [7, 11) is 0. The molecule has 2 rings (SSSR count). The summed E-state index contributed by atoms with van der Waals surface area (Å²) in [6, 6.07) is 7.97. The minimum atomic E-state index is -0.450. The van der Waals surface area contributed by atoms with E-state index in [4.69, 9.17) is 6.42 Å². The van der Waals surface area contributed by atoms with Crippen LogP contribution < -0.4 is 5.32 Å². The Morgan fingerprint density at radius 3 is 2.87 bits per heavy atom. The topological polar surface area (TPSA) is 42.0 Å². The minimum Gasteiger partial charge on any atom is -0.314 e. The number of halogens is 1. The number of amides is 1. The monoisotopic (exact) mass is 416 g/mol. The molecule has 116 valence electrons. The summed E-state index contributed by atoms with van der Waals surface area (Å²) in [5.41, 5.74) is 4.77. The summed E-state index contributed by atoms with van der Waals surface area (Å²) in [6.45, 7) is 4.09. The highest BCUT2D eigenvalue weighted by atomic mass is 127. The molecule has 0 radical (unpaired) electrons. The van der Waals surface area contributed by atoms with Crippen LogP contribution in [0.4, 0.5) is 5.69 Å². The summed E-state index contributed by atoms with van der Waals surface area (Å²) in [5.74, 6) is 1.61. The fourth-order valence-electron chi connectivity index (χ4n) is 2.08. The van der Waals surface area contributed by atoms with Crippen molar-refractivity contribution in [3.8, 4) is 23.5 Å². The van der Waals surface area contributed by atoms with Crippen molar-refractivity contribution in [3.63, 3.8) is 0 Å². The van der Waals surface area contributed by atoms with Gasteiger partial charge in [0.15, 0.2) is 0 Å². The van der Waals surface area contributed by atoms with E-state index in [1.165, 1.54) is 0 Å². The fraction of sp³-hybridized carbons (Fsp3) is 0.158. The molecule has 2 aromatic rings. The van der Waals surface area contributed by atoms with E-state index in [9.17, 15) is 4.79 Å². The third kappa shape index (κ3) is 4.42. The third-order valence-corrected chi connectivity index (χ3v) is 4.28. The van der Waals surface area contributed by atoms with E-state index >= 15 is 0 Å². The van der Waals surface area contributed by atoms with Gasteiger partial charge in [-0.3, -0.25) is 9.78 Å². The van der Waals surface area contributed by atoms with Crippen molar-refractivity contribution in [2.24, 2.45) is 0 Å². The van der Waals surface area contributed by atoms with Crippen LogP contribution in [0.5, 0.6) is 0 Å². The summed E-state index contributed by atoms with van der Waals surface area (Å²) >= 11 is 2.17. The van der Waals surface area contributed by atoms with Crippen molar-refractivity contribution >= 4 is 40.3 Å². The largest absolute Gasteiger partial charge is 0.314 e. The maximum absolute atomic E-state index is 11.4. The first kappa shape index (κ1) is 17.2. The molecule has 1 amide bonds. The Balaban J connectivity index is 2.42. The molecule has 0 aliphatic heterocycles. The van der Waals surface area contributed by atoms with Crippen molar-refractivity contribution in [2.75, 3.05) is 5.32 Å². The molecule has 0 aliphatic rings. The molecule has 1 aromatic heterocycles. The Morgan fingerprint density at radius 1 is 1.39 bits per heavy atom. The van der Waals surface area contributed by atoms with Crippen molar-refractivity contribution in [2.45, 2.75) is 20.3 Å². The summed E-state index contributed by atoms with van der Waals surface area (Å²) in [4.78, 5) is 15.9. The normalized spacial score (nSPS) is 10.5. The fourth-order valence-corrected chi connectivity index (χ4v) is 2.55. The quantitative estimate of drug-likeness (QED) is 0.582.